The highest BCUT2D eigenvalue weighted by Gasteiger charge is 2.22. The molecule has 1 aromatic rings. The molecule has 1 aromatic heterocycles. The van der Waals surface area contributed by atoms with Crippen LogP contribution in [0.4, 0.5) is 5.82 Å². The minimum Gasteiger partial charge on any atom is -0.370 e. The van der Waals surface area contributed by atoms with Gasteiger partial charge in [0.1, 0.15) is 5.82 Å². The lowest BCUT2D eigenvalue weighted by atomic mass is 9.85. The van der Waals surface area contributed by atoms with Crippen LogP contribution in [-0.4, -0.2) is 35.9 Å². The third-order valence-corrected chi connectivity index (χ3v) is 3.47. The van der Waals surface area contributed by atoms with Gasteiger partial charge in [0.2, 0.25) is 0 Å². The first-order valence-electron chi connectivity index (χ1n) is 6.66. The largest absolute Gasteiger partial charge is 0.370 e. The van der Waals surface area contributed by atoms with Crippen molar-refractivity contribution in [3.63, 3.8) is 0 Å². The highest BCUT2D eigenvalue weighted by Crippen LogP contribution is 2.27. The zero-order valence-corrected chi connectivity index (χ0v) is 11.1. The van der Waals surface area contributed by atoms with Crippen molar-refractivity contribution in [1.82, 2.24) is 9.88 Å². The lowest BCUT2D eigenvalue weighted by Gasteiger charge is -2.30. The molecule has 0 saturated heterocycles. The number of pyridine rings is 1. The first-order chi connectivity index (χ1) is 8.70. The van der Waals surface area contributed by atoms with Crippen molar-refractivity contribution in [3.05, 3.63) is 23.9 Å². The highest BCUT2D eigenvalue weighted by molar-refractivity contribution is 5.93. The second kappa shape index (κ2) is 5.85. The molecule has 1 N–H and O–H groups in total. The Kier molecular flexibility index (Phi) is 4.18. The molecular weight excluding hydrogens is 226 g/mol. The summed E-state index contributed by atoms with van der Waals surface area (Å²) in [5.74, 6) is 1.58. The molecule has 1 aliphatic carbocycles. The van der Waals surface area contributed by atoms with Gasteiger partial charge in [-0.25, -0.2) is 4.98 Å². The SMILES string of the molecule is CCNc1ccc(C(=O)N(C)CC2CCC2)cn1. The van der Waals surface area contributed by atoms with Crippen LogP contribution in [0.15, 0.2) is 18.3 Å². The van der Waals surface area contributed by atoms with Gasteiger partial charge in [-0.3, -0.25) is 4.79 Å². The van der Waals surface area contributed by atoms with E-state index in [1.54, 1.807) is 6.20 Å². The van der Waals surface area contributed by atoms with Gasteiger partial charge in [-0.15, -0.1) is 0 Å². The van der Waals surface area contributed by atoms with Gasteiger partial charge in [0.15, 0.2) is 0 Å². The highest BCUT2D eigenvalue weighted by atomic mass is 16.2. The number of aromatic nitrogens is 1. The zero-order valence-electron chi connectivity index (χ0n) is 11.1. The monoisotopic (exact) mass is 247 g/mol. The van der Waals surface area contributed by atoms with E-state index in [1.807, 2.05) is 31.0 Å². The Balaban J connectivity index is 1.94. The molecule has 0 bridgehead atoms. The first kappa shape index (κ1) is 12.9. The smallest absolute Gasteiger partial charge is 0.255 e. The average molecular weight is 247 g/mol. The molecule has 18 heavy (non-hydrogen) atoms. The zero-order chi connectivity index (χ0) is 13.0. The van der Waals surface area contributed by atoms with Crippen LogP contribution in [0, 0.1) is 5.92 Å². The molecule has 4 heteroatoms. The topological polar surface area (TPSA) is 45.2 Å². The number of nitrogens with one attached hydrogen (secondary N) is 1. The van der Waals surface area contributed by atoms with Crippen LogP contribution in [0.25, 0.3) is 0 Å². The summed E-state index contributed by atoms with van der Waals surface area (Å²) in [6.07, 6.45) is 5.48. The van der Waals surface area contributed by atoms with Crippen LogP contribution in [0.1, 0.15) is 36.5 Å². The van der Waals surface area contributed by atoms with Gasteiger partial charge in [0.25, 0.3) is 5.91 Å². The molecule has 0 aromatic carbocycles. The van der Waals surface area contributed by atoms with Crippen LogP contribution >= 0.6 is 0 Å². The molecule has 0 spiro atoms. The quantitative estimate of drug-likeness (QED) is 0.869. The number of nitrogens with zero attached hydrogens (tertiary/aromatic N) is 2. The maximum absolute atomic E-state index is 12.2. The van der Waals surface area contributed by atoms with Crippen LogP contribution in [0.5, 0.6) is 0 Å². The van der Waals surface area contributed by atoms with Crippen molar-refractivity contribution in [2.45, 2.75) is 26.2 Å². The summed E-state index contributed by atoms with van der Waals surface area (Å²) in [5, 5.41) is 3.12. The van der Waals surface area contributed by atoms with E-state index in [9.17, 15) is 4.79 Å². The van der Waals surface area contributed by atoms with Gasteiger partial charge in [0.05, 0.1) is 5.56 Å². The summed E-state index contributed by atoms with van der Waals surface area (Å²) in [7, 11) is 1.87. The summed E-state index contributed by atoms with van der Waals surface area (Å²) in [5.41, 5.74) is 0.665. The maximum Gasteiger partial charge on any atom is 0.255 e. The fraction of sp³-hybridized carbons (Fsp3) is 0.571. The molecule has 1 heterocycles. The average Bonchev–Trinajstić information content (AvgIpc) is 2.34. The molecule has 0 radical (unpaired) electrons. The van der Waals surface area contributed by atoms with E-state index in [4.69, 9.17) is 0 Å². The van der Waals surface area contributed by atoms with E-state index in [-0.39, 0.29) is 5.91 Å². The summed E-state index contributed by atoms with van der Waals surface area (Å²) in [4.78, 5) is 18.2. The van der Waals surface area contributed by atoms with Crippen LogP contribution in [-0.2, 0) is 0 Å². The Hall–Kier alpha value is -1.58. The number of carbonyl (C=O) groups excluding carboxylic acids is 1. The van der Waals surface area contributed by atoms with Crippen molar-refractivity contribution in [2.24, 2.45) is 5.92 Å². The Bertz CT molecular complexity index is 398. The minimum absolute atomic E-state index is 0.0671. The molecule has 4 nitrogen and oxygen atoms in total. The minimum atomic E-state index is 0.0671. The van der Waals surface area contributed by atoms with E-state index >= 15 is 0 Å². The van der Waals surface area contributed by atoms with Gasteiger partial charge >= 0.3 is 0 Å². The van der Waals surface area contributed by atoms with Crippen molar-refractivity contribution in [3.8, 4) is 0 Å². The molecule has 2 rings (SSSR count). The molecule has 0 atom stereocenters. The second-order valence-corrected chi connectivity index (χ2v) is 4.95. The second-order valence-electron chi connectivity index (χ2n) is 4.95. The molecule has 0 unspecified atom stereocenters. The van der Waals surface area contributed by atoms with Gasteiger partial charge < -0.3 is 10.2 Å². The molecule has 1 aliphatic rings. The fourth-order valence-corrected chi connectivity index (χ4v) is 2.17. The molecule has 1 saturated carbocycles. The van der Waals surface area contributed by atoms with Gasteiger partial charge in [-0.2, -0.15) is 0 Å². The van der Waals surface area contributed by atoms with E-state index < -0.39 is 0 Å². The third kappa shape index (κ3) is 3.00. The van der Waals surface area contributed by atoms with Gasteiger partial charge in [0, 0.05) is 26.3 Å². The van der Waals surface area contributed by atoms with E-state index in [1.165, 1.54) is 19.3 Å². The number of rotatable bonds is 5. The molecular formula is C14H21N3O. The summed E-state index contributed by atoms with van der Waals surface area (Å²) >= 11 is 0. The van der Waals surface area contributed by atoms with Gasteiger partial charge in [-0.1, -0.05) is 6.42 Å². The Morgan fingerprint density at radius 2 is 2.28 bits per heavy atom. The van der Waals surface area contributed by atoms with Crippen molar-refractivity contribution in [1.29, 1.82) is 0 Å². The Morgan fingerprint density at radius 1 is 1.50 bits per heavy atom. The van der Waals surface area contributed by atoms with E-state index in [2.05, 4.69) is 10.3 Å². The van der Waals surface area contributed by atoms with Crippen LogP contribution in [0.2, 0.25) is 0 Å². The number of carbonyl (C=O) groups is 1. The summed E-state index contributed by atoms with van der Waals surface area (Å²) in [6, 6.07) is 3.69. The Morgan fingerprint density at radius 3 is 2.78 bits per heavy atom. The number of hydrogen-bond donors (Lipinski definition) is 1. The standard InChI is InChI=1S/C14H21N3O/c1-3-15-13-8-7-12(9-16-13)14(18)17(2)10-11-5-4-6-11/h7-9,11H,3-6,10H2,1-2H3,(H,15,16). The summed E-state index contributed by atoms with van der Waals surface area (Å²) < 4.78 is 0. The number of anilines is 1. The lowest BCUT2D eigenvalue weighted by Crippen LogP contribution is -2.34. The molecule has 1 amide bonds. The van der Waals surface area contributed by atoms with Crippen LogP contribution < -0.4 is 5.32 Å². The van der Waals surface area contributed by atoms with E-state index in [0.29, 0.717) is 11.5 Å². The molecule has 0 aliphatic heterocycles. The van der Waals surface area contributed by atoms with Crippen molar-refractivity contribution >= 4 is 11.7 Å². The first-order valence-corrected chi connectivity index (χ1v) is 6.66. The molecule has 1 fully saturated rings. The molecule has 98 valence electrons. The van der Waals surface area contributed by atoms with Gasteiger partial charge in [-0.05, 0) is 37.8 Å². The third-order valence-electron chi connectivity index (χ3n) is 3.47. The predicted molar refractivity (Wildman–Crippen MR) is 72.7 cm³/mol. The van der Waals surface area contributed by atoms with Crippen molar-refractivity contribution in [2.75, 3.05) is 25.5 Å². The summed E-state index contributed by atoms with van der Waals surface area (Å²) in [6.45, 7) is 3.73. The number of amides is 1. The van der Waals surface area contributed by atoms with Crippen LogP contribution in [0.3, 0.4) is 0 Å². The van der Waals surface area contributed by atoms with Crippen molar-refractivity contribution < 1.29 is 4.79 Å². The predicted octanol–water partition coefficient (Wildman–Crippen LogP) is 2.39. The number of hydrogen-bond acceptors (Lipinski definition) is 3. The lowest BCUT2D eigenvalue weighted by molar-refractivity contribution is 0.0745. The van der Waals surface area contributed by atoms with E-state index in [0.717, 1.165) is 18.9 Å². The maximum atomic E-state index is 12.2. The fourth-order valence-electron chi connectivity index (χ4n) is 2.17. The Labute approximate surface area is 108 Å². The normalized spacial score (nSPS) is 15.0.